The molecule has 2 heterocycles. The van der Waals surface area contributed by atoms with Crippen LogP contribution in [0.1, 0.15) is 50.3 Å². The number of halogens is 1. The van der Waals surface area contributed by atoms with Crippen molar-refractivity contribution < 1.29 is 47.5 Å². The predicted molar refractivity (Wildman–Crippen MR) is 117 cm³/mol. The molecule has 0 saturated carbocycles. The molecule has 6 heteroatoms. The molecule has 170 valence electrons. The topological polar surface area (TPSA) is 44.8 Å². The number of hydrogen-bond donors (Lipinski definition) is 0. The number of nitrogens with zero attached hydrogens (tertiary/aromatic N) is 1. The van der Waals surface area contributed by atoms with E-state index in [4.69, 9.17) is 14.2 Å². The van der Waals surface area contributed by atoms with E-state index in [-0.39, 0.29) is 42.6 Å². The molecule has 0 bridgehead atoms. The third-order valence-corrected chi connectivity index (χ3v) is 7.12. The second-order valence-corrected chi connectivity index (χ2v) is 9.65. The van der Waals surface area contributed by atoms with Gasteiger partial charge in [-0.05, 0) is 49.3 Å². The lowest BCUT2D eigenvalue weighted by Crippen LogP contribution is -3.00. The second kappa shape index (κ2) is 9.53. The first-order valence-electron chi connectivity index (χ1n) is 11.0. The molecule has 1 aromatic carbocycles. The Morgan fingerprint density at radius 3 is 2.81 bits per heavy atom. The van der Waals surface area contributed by atoms with E-state index in [0.29, 0.717) is 24.0 Å². The SMILES string of the molecule is COc1c2c(cc3c1C(CC(=O)/C=C/C1CC=C(C)CC1C)[N+](C)(C)CC3)OCO2.[I-]. The third-order valence-electron chi connectivity index (χ3n) is 7.12. The fourth-order valence-electron chi connectivity index (χ4n) is 5.19. The average molecular weight is 539 g/mol. The Morgan fingerprint density at radius 2 is 2.10 bits per heavy atom. The monoisotopic (exact) mass is 539 g/mol. The van der Waals surface area contributed by atoms with Crippen molar-refractivity contribution >= 4 is 5.78 Å². The van der Waals surface area contributed by atoms with Gasteiger partial charge in [0.1, 0.15) is 6.04 Å². The van der Waals surface area contributed by atoms with Crippen LogP contribution in [0.3, 0.4) is 0 Å². The van der Waals surface area contributed by atoms with Crippen molar-refractivity contribution in [3.8, 4) is 17.2 Å². The van der Waals surface area contributed by atoms with Crippen LogP contribution < -0.4 is 38.2 Å². The van der Waals surface area contributed by atoms with E-state index in [1.54, 1.807) is 7.11 Å². The Morgan fingerprint density at radius 1 is 1.32 bits per heavy atom. The molecule has 1 aliphatic carbocycles. The van der Waals surface area contributed by atoms with Crippen LogP contribution in [-0.4, -0.2) is 44.8 Å². The van der Waals surface area contributed by atoms with Gasteiger partial charge in [-0.15, -0.1) is 0 Å². The summed E-state index contributed by atoms with van der Waals surface area (Å²) in [6, 6.07) is 2.10. The molecule has 0 fully saturated rings. The summed E-state index contributed by atoms with van der Waals surface area (Å²) in [6.07, 6.45) is 9.81. The summed E-state index contributed by atoms with van der Waals surface area (Å²) in [4.78, 5) is 13.0. The number of ether oxygens (including phenoxy) is 3. The zero-order valence-electron chi connectivity index (χ0n) is 19.2. The van der Waals surface area contributed by atoms with Gasteiger partial charge in [0, 0.05) is 6.42 Å². The molecule has 5 nitrogen and oxygen atoms in total. The normalized spacial score (nSPS) is 26.1. The van der Waals surface area contributed by atoms with E-state index in [0.717, 1.165) is 47.4 Å². The highest BCUT2D eigenvalue weighted by Crippen LogP contribution is 2.51. The number of carbonyl (C=O) groups is 1. The van der Waals surface area contributed by atoms with Crippen LogP contribution >= 0.6 is 0 Å². The largest absolute Gasteiger partial charge is 1.00 e. The Balaban J connectivity index is 0.00000272. The Kier molecular flexibility index (Phi) is 7.41. The number of ketones is 1. The van der Waals surface area contributed by atoms with Crippen molar-refractivity contribution in [3.05, 3.63) is 41.0 Å². The molecule has 0 N–H and O–H groups in total. The van der Waals surface area contributed by atoms with Crippen molar-refractivity contribution in [1.82, 2.24) is 0 Å². The lowest BCUT2D eigenvalue weighted by atomic mass is 9.80. The molecular weight excluding hydrogens is 505 g/mol. The van der Waals surface area contributed by atoms with Gasteiger partial charge in [0.05, 0.1) is 39.7 Å². The maximum Gasteiger partial charge on any atom is 0.231 e. The number of likely N-dealkylation sites (N-methyl/N-ethyl adjacent to an activating group) is 1. The van der Waals surface area contributed by atoms with Crippen LogP contribution in [0.4, 0.5) is 0 Å². The highest BCUT2D eigenvalue weighted by atomic mass is 127. The molecule has 0 spiro atoms. The molecule has 1 aromatic rings. The summed E-state index contributed by atoms with van der Waals surface area (Å²) in [5, 5.41) is 0. The average Bonchev–Trinajstić information content (AvgIpc) is 3.16. The molecule has 3 atom stereocenters. The molecule has 2 aliphatic heterocycles. The molecule has 0 aromatic heterocycles. The van der Waals surface area contributed by atoms with Gasteiger partial charge >= 0.3 is 0 Å². The zero-order valence-corrected chi connectivity index (χ0v) is 21.4. The van der Waals surface area contributed by atoms with E-state index < -0.39 is 0 Å². The number of methoxy groups -OCH3 is 1. The van der Waals surface area contributed by atoms with Gasteiger partial charge in [0.15, 0.2) is 17.3 Å². The third kappa shape index (κ3) is 4.80. The number of carbonyl (C=O) groups excluding carboxylic acids is 1. The smallest absolute Gasteiger partial charge is 0.231 e. The molecule has 0 radical (unpaired) electrons. The number of benzene rings is 1. The van der Waals surface area contributed by atoms with Gasteiger partial charge in [-0.3, -0.25) is 4.79 Å². The first-order chi connectivity index (χ1) is 14.3. The van der Waals surface area contributed by atoms with Crippen molar-refractivity contribution in [2.75, 3.05) is 34.5 Å². The summed E-state index contributed by atoms with van der Waals surface area (Å²) < 4.78 is 17.8. The fourth-order valence-corrected chi connectivity index (χ4v) is 5.19. The van der Waals surface area contributed by atoms with Gasteiger partial charge in [0.2, 0.25) is 12.5 Å². The minimum absolute atomic E-state index is 0. The highest BCUT2D eigenvalue weighted by molar-refractivity contribution is 5.90. The summed E-state index contributed by atoms with van der Waals surface area (Å²) >= 11 is 0. The number of quaternary nitrogens is 1. The number of fused-ring (bicyclic) bond motifs is 2. The Hall–Kier alpha value is -1.54. The van der Waals surface area contributed by atoms with Crippen LogP contribution in [0.5, 0.6) is 17.2 Å². The molecule has 0 amide bonds. The van der Waals surface area contributed by atoms with Gasteiger partial charge in [-0.25, -0.2) is 0 Å². The highest BCUT2D eigenvalue weighted by Gasteiger charge is 2.42. The van der Waals surface area contributed by atoms with Crippen LogP contribution in [-0.2, 0) is 11.2 Å². The van der Waals surface area contributed by atoms with Crippen molar-refractivity contribution in [2.45, 2.75) is 45.6 Å². The lowest BCUT2D eigenvalue weighted by molar-refractivity contribution is -0.922. The van der Waals surface area contributed by atoms with Crippen LogP contribution in [0.25, 0.3) is 0 Å². The zero-order chi connectivity index (χ0) is 21.5. The van der Waals surface area contributed by atoms with E-state index in [9.17, 15) is 4.79 Å². The van der Waals surface area contributed by atoms with Gasteiger partial charge < -0.3 is 42.7 Å². The first kappa shape index (κ1) is 24.1. The van der Waals surface area contributed by atoms with E-state index in [1.807, 2.05) is 6.08 Å². The first-order valence-corrected chi connectivity index (χ1v) is 11.0. The number of allylic oxidation sites excluding steroid dienone is 4. The number of rotatable bonds is 5. The minimum atomic E-state index is 0. The van der Waals surface area contributed by atoms with Crippen molar-refractivity contribution in [1.29, 1.82) is 0 Å². The standard InChI is InChI=1S/C25H34NO4.HI/c1-16-6-7-18(17(2)12-16)8-9-20(27)14-21-23-19(10-11-26(21,3)4)13-22-24(25(23)28-5)30-15-29-22;/h6,8-9,13,17-18,21H,7,10-12,14-15H2,1-5H3;1H/q+1;/p-1/b9-8+;. The van der Waals surface area contributed by atoms with Gasteiger partial charge in [0.25, 0.3) is 0 Å². The van der Waals surface area contributed by atoms with E-state index in [2.05, 4.69) is 46.2 Å². The van der Waals surface area contributed by atoms with Crippen LogP contribution in [0.2, 0.25) is 0 Å². The quantitative estimate of drug-likeness (QED) is 0.247. The van der Waals surface area contributed by atoms with Gasteiger partial charge in [-0.2, -0.15) is 0 Å². The van der Waals surface area contributed by atoms with Crippen LogP contribution in [0.15, 0.2) is 29.9 Å². The van der Waals surface area contributed by atoms with Crippen molar-refractivity contribution in [3.63, 3.8) is 0 Å². The molecular formula is C25H34INO4. The summed E-state index contributed by atoms with van der Waals surface area (Å²) in [5.41, 5.74) is 3.77. The fraction of sp³-hybridized carbons (Fsp3) is 0.560. The maximum atomic E-state index is 13.0. The minimum Gasteiger partial charge on any atom is -1.00 e. The summed E-state index contributed by atoms with van der Waals surface area (Å²) in [5.74, 6) is 3.36. The van der Waals surface area contributed by atoms with E-state index in [1.165, 1.54) is 11.1 Å². The summed E-state index contributed by atoms with van der Waals surface area (Å²) in [7, 11) is 6.07. The molecule has 3 aliphatic rings. The second-order valence-electron chi connectivity index (χ2n) is 9.65. The van der Waals surface area contributed by atoms with Gasteiger partial charge in [-0.1, -0.05) is 24.6 Å². The predicted octanol–water partition coefficient (Wildman–Crippen LogP) is 1.61. The number of hydrogen-bond acceptors (Lipinski definition) is 4. The van der Waals surface area contributed by atoms with Crippen molar-refractivity contribution in [2.24, 2.45) is 11.8 Å². The molecule has 3 unspecified atom stereocenters. The Bertz CT molecular complexity index is 905. The Labute approximate surface area is 203 Å². The summed E-state index contributed by atoms with van der Waals surface area (Å²) in [6.45, 7) is 5.66. The lowest BCUT2D eigenvalue weighted by Gasteiger charge is -2.43. The molecule has 4 rings (SSSR count). The van der Waals surface area contributed by atoms with Crippen LogP contribution in [0, 0.1) is 11.8 Å². The van der Waals surface area contributed by atoms with E-state index >= 15 is 0 Å². The molecule has 31 heavy (non-hydrogen) atoms. The molecule has 0 saturated heterocycles. The maximum absolute atomic E-state index is 13.0.